The van der Waals surface area contributed by atoms with Crippen LogP contribution in [0.5, 0.6) is 0 Å². The Labute approximate surface area is 158 Å². The minimum Gasteiger partial charge on any atom is -0.387 e. The molecule has 1 saturated heterocycles. The molecule has 6 atom stereocenters. The lowest BCUT2D eigenvalue weighted by Crippen LogP contribution is -2.39. The molecule has 29 heavy (non-hydrogen) atoms. The molecule has 0 amide bonds. The molecule has 0 spiro atoms. The predicted octanol–water partition coefficient (Wildman–Crippen LogP) is -3.11. The third-order valence-electron chi connectivity index (χ3n) is 3.13. The highest BCUT2D eigenvalue weighted by molar-refractivity contribution is 7.66. The van der Waals surface area contributed by atoms with Crippen molar-refractivity contribution in [3.63, 3.8) is 0 Å². The second-order valence-corrected chi connectivity index (χ2v) is 9.74. The summed E-state index contributed by atoms with van der Waals surface area (Å²) in [6, 6.07) is 0. The van der Waals surface area contributed by atoms with Gasteiger partial charge in [-0.3, -0.25) is 14.3 Å². The zero-order valence-corrected chi connectivity index (χ0v) is 16.4. The summed E-state index contributed by atoms with van der Waals surface area (Å²) in [4.78, 5) is 59.7. The zero-order valence-electron chi connectivity index (χ0n) is 13.7. The van der Waals surface area contributed by atoms with E-state index in [1.165, 1.54) is 0 Å². The summed E-state index contributed by atoms with van der Waals surface area (Å²) in [5.41, 5.74) is -1.97. The van der Waals surface area contributed by atoms with E-state index >= 15 is 0 Å². The van der Waals surface area contributed by atoms with Gasteiger partial charge >= 0.3 is 29.2 Å². The van der Waals surface area contributed by atoms with Gasteiger partial charge in [-0.05, 0) is 0 Å². The van der Waals surface area contributed by atoms with E-state index in [-0.39, 0.29) is 0 Å². The predicted molar refractivity (Wildman–Crippen MR) is 84.9 cm³/mol. The van der Waals surface area contributed by atoms with Crippen molar-refractivity contribution in [3.05, 3.63) is 27.0 Å². The van der Waals surface area contributed by atoms with E-state index in [1.54, 1.807) is 0 Å². The maximum absolute atomic E-state index is 11.7. The number of phosphoric acid groups is 3. The number of nitrogens with one attached hydrogen (secondary N) is 1. The molecule has 2 rings (SSSR count). The quantitative estimate of drug-likeness (QED) is 0.179. The van der Waals surface area contributed by atoms with Crippen LogP contribution in [0.2, 0.25) is 0 Å². The minimum absolute atomic E-state index is 0.458. The zero-order chi connectivity index (χ0) is 22.2. The molecule has 1 aromatic heterocycles. The smallest absolute Gasteiger partial charge is 0.387 e. The van der Waals surface area contributed by atoms with Crippen molar-refractivity contribution < 1.29 is 61.4 Å². The molecule has 1 aliphatic rings. The first-order valence-corrected chi connectivity index (χ1v) is 11.6. The molecule has 1 aliphatic heterocycles. The van der Waals surface area contributed by atoms with Crippen molar-refractivity contribution >= 4 is 23.5 Å². The summed E-state index contributed by atoms with van der Waals surface area (Å²) >= 11 is 0. The van der Waals surface area contributed by atoms with Gasteiger partial charge in [0.2, 0.25) is 0 Å². The normalized spacial score (nSPS) is 29.3. The highest BCUT2D eigenvalue weighted by Gasteiger charge is 2.47. The van der Waals surface area contributed by atoms with Crippen molar-refractivity contribution in [3.8, 4) is 0 Å². The molecule has 0 aromatic carbocycles. The first-order chi connectivity index (χ1) is 13.1. The Kier molecular flexibility index (Phi) is 7.14. The molecule has 166 valence electrons. The van der Waals surface area contributed by atoms with Gasteiger partial charge in [0, 0.05) is 0 Å². The Hall–Kier alpha value is -1.10. The maximum Gasteiger partial charge on any atom is 0.490 e. The van der Waals surface area contributed by atoms with Crippen LogP contribution in [0.1, 0.15) is 6.23 Å². The number of aromatic amines is 1. The Morgan fingerprint density at radius 3 is 2.24 bits per heavy atom. The topological polar surface area (TPSA) is 277 Å². The number of aliphatic hydroxyl groups excluding tert-OH is 2. The lowest BCUT2D eigenvalue weighted by Gasteiger charge is -2.19. The fourth-order valence-corrected chi connectivity index (χ4v) is 5.11. The first kappa shape index (κ1) is 24.2. The number of nitrogens with zero attached hydrogens (tertiary/aromatic N) is 2. The second kappa shape index (κ2) is 8.56. The van der Waals surface area contributed by atoms with Crippen LogP contribution in [0.4, 0.5) is 0 Å². The van der Waals surface area contributed by atoms with E-state index in [9.17, 15) is 38.4 Å². The molecule has 18 nitrogen and oxygen atoms in total. The number of hydrogen-bond donors (Lipinski definition) is 7. The Balaban J connectivity index is 2.06. The van der Waals surface area contributed by atoms with E-state index in [4.69, 9.17) is 19.4 Å². The van der Waals surface area contributed by atoms with Gasteiger partial charge < -0.3 is 34.5 Å². The summed E-state index contributed by atoms with van der Waals surface area (Å²) in [7, 11) is -16.8. The molecule has 0 bridgehead atoms. The summed E-state index contributed by atoms with van der Waals surface area (Å²) in [6.45, 7) is -1.07. The number of H-pyrrole nitrogens is 1. The highest BCUT2D eigenvalue weighted by Crippen LogP contribution is 2.66. The lowest BCUT2D eigenvalue weighted by molar-refractivity contribution is -0.0610. The molecular formula is C8H14N3O15P3. The molecule has 0 saturated carbocycles. The van der Waals surface area contributed by atoms with Crippen LogP contribution < -0.4 is 11.2 Å². The summed E-state index contributed by atoms with van der Waals surface area (Å²) in [5, 5.41) is 23.3. The highest BCUT2D eigenvalue weighted by atomic mass is 31.3. The van der Waals surface area contributed by atoms with Gasteiger partial charge in [0.1, 0.15) is 24.5 Å². The van der Waals surface area contributed by atoms with Crippen LogP contribution in [0.15, 0.2) is 15.8 Å². The standard InChI is InChI=1S/C8H14N3O15P3/c12-4-1-9-11(8(15)10-4)7-6(14)5(13)3(24-7)2-23-28(19,20)26-29(21,22)25-27(16,17)18/h1,3,5-7,13-14H,2H2,(H,19,20)(H,21,22)(H,10,12,15)(H2,16,17,18). The maximum atomic E-state index is 11.7. The van der Waals surface area contributed by atoms with Crippen LogP contribution in [0.25, 0.3) is 0 Å². The van der Waals surface area contributed by atoms with E-state index in [2.05, 4.69) is 18.2 Å². The largest absolute Gasteiger partial charge is 0.490 e. The molecule has 0 aliphatic carbocycles. The summed E-state index contributed by atoms with van der Waals surface area (Å²) in [5.74, 6) is 0. The molecule has 1 aromatic rings. The number of aromatic nitrogens is 3. The Bertz CT molecular complexity index is 999. The number of hydrogen-bond acceptors (Lipinski definition) is 12. The Morgan fingerprint density at radius 1 is 1.07 bits per heavy atom. The van der Waals surface area contributed by atoms with Crippen LogP contribution >= 0.6 is 23.5 Å². The number of phosphoric ester groups is 1. The van der Waals surface area contributed by atoms with Crippen LogP contribution in [0, 0.1) is 0 Å². The summed E-state index contributed by atoms with van der Waals surface area (Å²) in [6.07, 6.45) is -6.23. The van der Waals surface area contributed by atoms with Crippen LogP contribution in [-0.2, 0) is 31.6 Å². The van der Waals surface area contributed by atoms with E-state index in [0.29, 0.717) is 10.9 Å². The minimum atomic E-state index is -5.74. The molecule has 21 heteroatoms. The van der Waals surface area contributed by atoms with E-state index in [1.807, 2.05) is 4.98 Å². The van der Waals surface area contributed by atoms with Gasteiger partial charge in [-0.1, -0.05) is 0 Å². The number of ether oxygens (including phenoxy) is 1. The first-order valence-electron chi connectivity index (χ1n) is 7.08. The van der Waals surface area contributed by atoms with Gasteiger partial charge in [-0.15, -0.1) is 0 Å². The van der Waals surface area contributed by atoms with Gasteiger partial charge in [0.05, 0.1) is 6.61 Å². The average molecular weight is 485 g/mol. The molecule has 6 unspecified atom stereocenters. The van der Waals surface area contributed by atoms with Crippen molar-refractivity contribution in [1.82, 2.24) is 14.8 Å². The van der Waals surface area contributed by atoms with Gasteiger partial charge in [0.25, 0.3) is 5.56 Å². The van der Waals surface area contributed by atoms with Crippen molar-refractivity contribution in [2.24, 2.45) is 0 Å². The van der Waals surface area contributed by atoms with E-state index in [0.717, 1.165) is 0 Å². The second-order valence-electron chi connectivity index (χ2n) is 5.32. The Morgan fingerprint density at radius 2 is 1.69 bits per heavy atom. The van der Waals surface area contributed by atoms with Crippen LogP contribution in [-0.4, -0.2) is 69.5 Å². The fraction of sp³-hybridized carbons (Fsp3) is 0.625. The summed E-state index contributed by atoms with van der Waals surface area (Å²) < 4.78 is 50.2. The van der Waals surface area contributed by atoms with Crippen molar-refractivity contribution in [1.29, 1.82) is 0 Å². The van der Waals surface area contributed by atoms with E-state index < -0.39 is 65.9 Å². The number of rotatable bonds is 8. The van der Waals surface area contributed by atoms with Gasteiger partial charge in [0.15, 0.2) is 6.23 Å². The van der Waals surface area contributed by atoms with Gasteiger partial charge in [-0.25, -0.2) is 18.5 Å². The van der Waals surface area contributed by atoms with Crippen LogP contribution in [0.3, 0.4) is 0 Å². The van der Waals surface area contributed by atoms with Gasteiger partial charge in [-0.2, -0.15) is 18.4 Å². The third kappa shape index (κ3) is 6.70. The monoisotopic (exact) mass is 485 g/mol. The molecular weight excluding hydrogens is 471 g/mol. The molecule has 0 radical (unpaired) electrons. The average Bonchev–Trinajstić information content (AvgIpc) is 2.78. The van der Waals surface area contributed by atoms with Crippen molar-refractivity contribution in [2.75, 3.05) is 6.61 Å². The molecule has 2 heterocycles. The fourth-order valence-electron chi connectivity index (χ4n) is 2.08. The number of aliphatic hydroxyl groups is 2. The molecule has 1 fully saturated rings. The lowest BCUT2D eigenvalue weighted by atomic mass is 10.1. The molecule has 7 N–H and O–H groups in total. The van der Waals surface area contributed by atoms with Crippen molar-refractivity contribution in [2.45, 2.75) is 24.5 Å². The SMILES string of the molecule is O=c1cnn(C2OC(COP(=O)(O)OP(=O)(O)OP(=O)(O)O)C(O)C2O)c(=O)[nH]1. The third-order valence-corrected chi connectivity index (χ3v) is 6.94.